The van der Waals surface area contributed by atoms with Gasteiger partial charge in [-0.05, 0) is 43.9 Å². The van der Waals surface area contributed by atoms with Crippen LogP contribution < -0.4 is 10.1 Å². The number of ether oxygens (including phenoxy) is 1. The molecule has 0 radical (unpaired) electrons. The first-order valence-electron chi connectivity index (χ1n) is 6.86. The van der Waals surface area contributed by atoms with Crippen molar-refractivity contribution in [3.8, 4) is 5.75 Å². The number of benzene rings is 1. The molecular weight excluding hydrogens is 268 g/mol. The summed E-state index contributed by atoms with van der Waals surface area (Å²) in [4.78, 5) is 2.12. The summed E-state index contributed by atoms with van der Waals surface area (Å²) in [5, 5.41) is 12.3. The number of aliphatic hydroxyl groups excluding tert-OH is 1. The Morgan fingerprint density at radius 3 is 2.57 bits per heavy atom. The quantitative estimate of drug-likeness (QED) is 0.820. The van der Waals surface area contributed by atoms with Crippen LogP contribution in [0.25, 0.3) is 0 Å². The highest BCUT2D eigenvalue weighted by Gasteiger charge is 2.07. The Labute approximate surface area is 125 Å². The van der Waals surface area contributed by atoms with Gasteiger partial charge in [-0.3, -0.25) is 0 Å². The molecule has 5 nitrogen and oxygen atoms in total. The molecule has 0 saturated carbocycles. The Hall–Kier alpha value is -1.98. The van der Waals surface area contributed by atoms with E-state index in [0.29, 0.717) is 12.3 Å². The van der Waals surface area contributed by atoms with E-state index in [-0.39, 0.29) is 6.61 Å². The SMILES string of the molecule is COc1ccc(CN(C)C)cc1NCc1ccc(CO)o1. The second-order valence-corrected chi connectivity index (χ2v) is 5.15. The minimum absolute atomic E-state index is 0.0817. The standard InChI is InChI=1S/C16H22N2O3/c1-18(2)10-12-4-7-16(20-3)15(8-12)17-9-13-5-6-14(11-19)21-13/h4-8,17,19H,9-11H2,1-3H3. The van der Waals surface area contributed by atoms with Crippen LogP contribution in [0.5, 0.6) is 5.75 Å². The van der Waals surface area contributed by atoms with Crippen molar-refractivity contribution < 1.29 is 14.3 Å². The van der Waals surface area contributed by atoms with Crippen LogP contribution in [-0.2, 0) is 19.7 Å². The van der Waals surface area contributed by atoms with Gasteiger partial charge in [0.1, 0.15) is 23.9 Å². The van der Waals surface area contributed by atoms with Crippen LogP contribution in [0.2, 0.25) is 0 Å². The molecule has 0 bridgehead atoms. The molecule has 1 aromatic carbocycles. The molecule has 1 heterocycles. The lowest BCUT2D eigenvalue weighted by atomic mass is 10.1. The zero-order chi connectivity index (χ0) is 15.2. The number of methoxy groups -OCH3 is 1. The molecule has 0 aliphatic rings. The summed E-state index contributed by atoms with van der Waals surface area (Å²) in [5.74, 6) is 2.14. The normalized spacial score (nSPS) is 10.9. The molecular formula is C16H22N2O3. The summed E-state index contributed by atoms with van der Waals surface area (Å²) in [7, 11) is 5.73. The molecule has 0 spiro atoms. The van der Waals surface area contributed by atoms with Gasteiger partial charge in [0.05, 0.1) is 19.3 Å². The topological polar surface area (TPSA) is 57.9 Å². The summed E-state index contributed by atoms with van der Waals surface area (Å²) in [5.41, 5.74) is 2.14. The lowest BCUT2D eigenvalue weighted by Crippen LogP contribution is -2.11. The van der Waals surface area contributed by atoms with Gasteiger partial charge in [-0.1, -0.05) is 6.07 Å². The van der Waals surface area contributed by atoms with Crippen LogP contribution in [0, 0.1) is 0 Å². The van der Waals surface area contributed by atoms with Crippen molar-refractivity contribution >= 4 is 5.69 Å². The van der Waals surface area contributed by atoms with Crippen LogP contribution in [0.1, 0.15) is 17.1 Å². The second-order valence-electron chi connectivity index (χ2n) is 5.15. The number of hydrogen-bond acceptors (Lipinski definition) is 5. The van der Waals surface area contributed by atoms with Gasteiger partial charge in [-0.15, -0.1) is 0 Å². The fraction of sp³-hybridized carbons (Fsp3) is 0.375. The predicted octanol–water partition coefficient (Wildman–Crippen LogP) is 2.45. The van der Waals surface area contributed by atoms with Crippen molar-refractivity contribution in [2.75, 3.05) is 26.5 Å². The molecule has 2 aromatic rings. The zero-order valence-corrected chi connectivity index (χ0v) is 12.7. The van der Waals surface area contributed by atoms with E-state index >= 15 is 0 Å². The summed E-state index contributed by atoms with van der Waals surface area (Å²) < 4.78 is 10.8. The van der Waals surface area contributed by atoms with E-state index in [1.165, 1.54) is 5.56 Å². The lowest BCUT2D eigenvalue weighted by Gasteiger charge is -2.14. The van der Waals surface area contributed by atoms with Crippen molar-refractivity contribution in [1.82, 2.24) is 4.90 Å². The molecule has 5 heteroatoms. The number of anilines is 1. The average Bonchev–Trinajstić information content (AvgIpc) is 2.92. The van der Waals surface area contributed by atoms with E-state index in [9.17, 15) is 0 Å². The molecule has 0 aliphatic carbocycles. The number of nitrogens with zero attached hydrogens (tertiary/aromatic N) is 1. The van der Waals surface area contributed by atoms with Gasteiger partial charge in [0.25, 0.3) is 0 Å². The van der Waals surface area contributed by atoms with Crippen LogP contribution in [0.3, 0.4) is 0 Å². The maximum absolute atomic E-state index is 9.00. The lowest BCUT2D eigenvalue weighted by molar-refractivity contribution is 0.244. The van der Waals surface area contributed by atoms with Crippen LogP contribution in [0.4, 0.5) is 5.69 Å². The third kappa shape index (κ3) is 4.24. The van der Waals surface area contributed by atoms with Crippen molar-refractivity contribution in [1.29, 1.82) is 0 Å². The van der Waals surface area contributed by atoms with Crippen LogP contribution in [0.15, 0.2) is 34.7 Å². The van der Waals surface area contributed by atoms with Crippen molar-refractivity contribution in [2.45, 2.75) is 19.7 Å². The van der Waals surface area contributed by atoms with Gasteiger partial charge in [0, 0.05) is 6.54 Å². The Morgan fingerprint density at radius 2 is 1.95 bits per heavy atom. The highest BCUT2D eigenvalue weighted by atomic mass is 16.5. The number of aliphatic hydroxyl groups is 1. The van der Waals surface area contributed by atoms with Gasteiger partial charge in [-0.2, -0.15) is 0 Å². The van der Waals surface area contributed by atoms with E-state index in [1.54, 1.807) is 13.2 Å². The molecule has 0 unspecified atom stereocenters. The van der Waals surface area contributed by atoms with Gasteiger partial charge in [-0.25, -0.2) is 0 Å². The Morgan fingerprint density at radius 1 is 1.19 bits per heavy atom. The molecule has 0 saturated heterocycles. The van der Waals surface area contributed by atoms with Crippen molar-refractivity contribution in [3.63, 3.8) is 0 Å². The van der Waals surface area contributed by atoms with Gasteiger partial charge < -0.3 is 24.5 Å². The first-order chi connectivity index (χ1) is 10.1. The Balaban J connectivity index is 2.09. The molecule has 2 N–H and O–H groups in total. The Bertz CT molecular complexity index is 579. The average molecular weight is 290 g/mol. The van der Waals surface area contributed by atoms with E-state index in [2.05, 4.69) is 22.3 Å². The van der Waals surface area contributed by atoms with Crippen LogP contribution >= 0.6 is 0 Å². The van der Waals surface area contributed by atoms with Crippen molar-refractivity contribution in [3.05, 3.63) is 47.4 Å². The zero-order valence-electron chi connectivity index (χ0n) is 12.7. The summed E-state index contributed by atoms with van der Waals surface area (Å²) in [6, 6.07) is 9.73. The Kier molecular flexibility index (Phi) is 5.25. The maximum atomic E-state index is 9.00. The fourth-order valence-corrected chi connectivity index (χ4v) is 2.14. The van der Waals surface area contributed by atoms with Gasteiger partial charge >= 0.3 is 0 Å². The summed E-state index contributed by atoms with van der Waals surface area (Å²) in [6.07, 6.45) is 0. The first kappa shape index (κ1) is 15.4. The molecule has 2 rings (SSSR count). The molecule has 0 fully saturated rings. The fourth-order valence-electron chi connectivity index (χ4n) is 2.14. The largest absolute Gasteiger partial charge is 0.495 e. The highest BCUT2D eigenvalue weighted by molar-refractivity contribution is 5.58. The molecule has 21 heavy (non-hydrogen) atoms. The summed E-state index contributed by atoms with van der Waals surface area (Å²) in [6.45, 7) is 1.33. The molecule has 1 aromatic heterocycles. The third-order valence-corrected chi connectivity index (χ3v) is 3.09. The third-order valence-electron chi connectivity index (χ3n) is 3.09. The molecule has 0 amide bonds. The minimum Gasteiger partial charge on any atom is -0.495 e. The molecule has 0 aliphatic heterocycles. The smallest absolute Gasteiger partial charge is 0.141 e. The second kappa shape index (κ2) is 7.15. The molecule has 0 atom stereocenters. The van der Waals surface area contributed by atoms with E-state index in [1.807, 2.05) is 26.2 Å². The monoisotopic (exact) mass is 290 g/mol. The van der Waals surface area contributed by atoms with E-state index in [4.69, 9.17) is 14.3 Å². The number of rotatable bonds is 7. The maximum Gasteiger partial charge on any atom is 0.141 e. The predicted molar refractivity (Wildman–Crippen MR) is 82.3 cm³/mol. The van der Waals surface area contributed by atoms with Crippen LogP contribution in [-0.4, -0.2) is 31.2 Å². The van der Waals surface area contributed by atoms with Crippen molar-refractivity contribution in [2.24, 2.45) is 0 Å². The first-order valence-corrected chi connectivity index (χ1v) is 6.86. The molecule has 114 valence electrons. The van der Waals surface area contributed by atoms with E-state index in [0.717, 1.165) is 23.7 Å². The number of hydrogen-bond donors (Lipinski definition) is 2. The minimum atomic E-state index is -0.0817. The van der Waals surface area contributed by atoms with Gasteiger partial charge in [0.15, 0.2) is 0 Å². The number of nitrogens with one attached hydrogen (secondary N) is 1. The van der Waals surface area contributed by atoms with E-state index < -0.39 is 0 Å². The van der Waals surface area contributed by atoms with Gasteiger partial charge in [0.2, 0.25) is 0 Å². The highest BCUT2D eigenvalue weighted by Crippen LogP contribution is 2.26. The summed E-state index contributed by atoms with van der Waals surface area (Å²) >= 11 is 0. The number of furan rings is 1.